The standard InChI is InChI=1S/C15H16BrNO4/c1-8(2)10(15(19)20)7-17-14(18)12-6-9-4-3-5-11(16)13(9)21-12/h3-6,8,10H,7H2,1-2H3,(H,17,18)(H,19,20). The molecule has 0 radical (unpaired) electrons. The van der Waals surface area contributed by atoms with E-state index in [0.717, 1.165) is 9.86 Å². The van der Waals surface area contributed by atoms with Crippen molar-refractivity contribution in [1.82, 2.24) is 5.32 Å². The number of fused-ring (bicyclic) bond motifs is 1. The second-order valence-corrected chi connectivity index (χ2v) is 6.02. The Morgan fingerprint density at radius 1 is 1.38 bits per heavy atom. The van der Waals surface area contributed by atoms with E-state index in [9.17, 15) is 9.59 Å². The highest BCUT2D eigenvalue weighted by molar-refractivity contribution is 9.10. The zero-order valence-electron chi connectivity index (χ0n) is 11.7. The summed E-state index contributed by atoms with van der Waals surface area (Å²) in [6.07, 6.45) is 0. The van der Waals surface area contributed by atoms with Crippen LogP contribution in [0.15, 0.2) is 33.2 Å². The maximum Gasteiger partial charge on any atom is 0.308 e. The van der Waals surface area contributed by atoms with Crippen LogP contribution in [0.4, 0.5) is 0 Å². The van der Waals surface area contributed by atoms with E-state index >= 15 is 0 Å². The first kappa shape index (κ1) is 15.6. The number of carbonyl (C=O) groups is 2. The average Bonchev–Trinajstić information content (AvgIpc) is 2.83. The van der Waals surface area contributed by atoms with Crippen molar-refractivity contribution in [2.45, 2.75) is 13.8 Å². The van der Waals surface area contributed by atoms with Gasteiger partial charge in [0.15, 0.2) is 5.76 Å². The number of carboxylic acids is 1. The van der Waals surface area contributed by atoms with Crippen molar-refractivity contribution < 1.29 is 19.1 Å². The van der Waals surface area contributed by atoms with Gasteiger partial charge in [0.1, 0.15) is 5.58 Å². The molecule has 1 aromatic carbocycles. The maximum absolute atomic E-state index is 12.1. The Morgan fingerprint density at radius 2 is 2.10 bits per heavy atom. The highest BCUT2D eigenvalue weighted by Gasteiger charge is 2.23. The summed E-state index contributed by atoms with van der Waals surface area (Å²) in [7, 11) is 0. The number of amides is 1. The lowest BCUT2D eigenvalue weighted by atomic mass is 9.96. The predicted molar refractivity (Wildman–Crippen MR) is 82.2 cm³/mol. The van der Waals surface area contributed by atoms with Gasteiger partial charge in [-0.1, -0.05) is 26.0 Å². The molecule has 0 fully saturated rings. The Morgan fingerprint density at radius 3 is 2.67 bits per heavy atom. The van der Waals surface area contributed by atoms with Gasteiger partial charge in [-0.25, -0.2) is 0 Å². The Hall–Kier alpha value is -1.82. The maximum atomic E-state index is 12.1. The zero-order valence-corrected chi connectivity index (χ0v) is 13.3. The smallest absolute Gasteiger partial charge is 0.308 e. The molecule has 112 valence electrons. The van der Waals surface area contributed by atoms with Gasteiger partial charge in [-0.15, -0.1) is 0 Å². The molecule has 2 rings (SSSR count). The van der Waals surface area contributed by atoms with E-state index in [0.29, 0.717) is 5.58 Å². The van der Waals surface area contributed by atoms with E-state index in [2.05, 4.69) is 21.2 Å². The molecule has 1 unspecified atom stereocenters. The van der Waals surface area contributed by atoms with E-state index in [4.69, 9.17) is 9.52 Å². The number of rotatable bonds is 5. The first-order valence-corrected chi connectivity index (χ1v) is 7.38. The molecule has 5 nitrogen and oxygen atoms in total. The Balaban J connectivity index is 2.12. The van der Waals surface area contributed by atoms with E-state index in [-0.39, 0.29) is 18.2 Å². The van der Waals surface area contributed by atoms with Crippen molar-refractivity contribution in [3.63, 3.8) is 0 Å². The highest BCUT2D eigenvalue weighted by atomic mass is 79.9. The minimum atomic E-state index is -0.919. The molecule has 0 spiro atoms. The van der Waals surface area contributed by atoms with Gasteiger partial charge in [-0.05, 0) is 34.0 Å². The predicted octanol–water partition coefficient (Wildman–Crippen LogP) is 3.28. The van der Waals surface area contributed by atoms with Crippen LogP contribution in [0.3, 0.4) is 0 Å². The minimum Gasteiger partial charge on any atom is -0.481 e. The zero-order chi connectivity index (χ0) is 15.6. The molecule has 1 aromatic heterocycles. The molecule has 0 aliphatic heterocycles. The van der Waals surface area contributed by atoms with Crippen LogP contribution in [-0.4, -0.2) is 23.5 Å². The third-order valence-corrected chi connectivity index (χ3v) is 3.95. The van der Waals surface area contributed by atoms with Crippen molar-refractivity contribution in [1.29, 1.82) is 0 Å². The summed E-state index contributed by atoms with van der Waals surface area (Å²) in [5, 5.41) is 12.5. The lowest BCUT2D eigenvalue weighted by Crippen LogP contribution is -2.35. The van der Waals surface area contributed by atoms with Gasteiger partial charge in [0.2, 0.25) is 0 Å². The van der Waals surface area contributed by atoms with Gasteiger partial charge in [0, 0.05) is 11.9 Å². The first-order chi connectivity index (χ1) is 9.90. The molecular weight excluding hydrogens is 338 g/mol. The lowest BCUT2D eigenvalue weighted by Gasteiger charge is -2.16. The number of aliphatic carboxylic acids is 1. The fourth-order valence-electron chi connectivity index (χ4n) is 2.04. The van der Waals surface area contributed by atoms with Crippen molar-refractivity contribution >= 4 is 38.8 Å². The Kier molecular flexibility index (Phi) is 4.67. The van der Waals surface area contributed by atoms with Crippen LogP contribution in [0, 0.1) is 11.8 Å². The number of nitrogens with one attached hydrogen (secondary N) is 1. The van der Waals surface area contributed by atoms with E-state index < -0.39 is 17.8 Å². The van der Waals surface area contributed by atoms with E-state index in [1.54, 1.807) is 6.07 Å². The summed E-state index contributed by atoms with van der Waals surface area (Å²) in [6.45, 7) is 3.69. The van der Waals surface area contributed by atoms with Crippen molar-refractivity contribution in [2.24, 2.45) is 11.8 Å². The largest absolute Gasteiger partial charge is 0.481 e. The van der Waals surface area contributed by atoms with Crippen LogP contribution in [0.25, 0.3) is 11.0 Å². The van der Waals surface area contributed by atoms with Crippen LogP contribution in [0.1, 0.15) is 24.4 Å². The van der Waals surface area contributed by atoms with Crippen molar-refractivity contribution in [2.75, 3.05) is 6.54 Å². The summed E-state index contributed by atoms with van der Waals surface area (Å²) in [4.78, 5) is 23.2. The number of furan rings is 1. The quantitative estimate of drug-likeness (QED) is 0.864. The first-order valence-electron chi connectivity index (χ1n) is 6.59. The number of hydrogen-bond acceptors (Lipinski definition) is 3. The molecule has 0 saturated heterocycles. The third kappa shape index (κ3) is 3.44. The molecule has 1 amide bonds. The molecule has 2 aromatic rings. The molecule has 1 atom stereocenters. The van der Waals surface area contributed by atoms with Gasteiger partial charge in [0.05, 0.1) is 10.4 Å². The van der Waals surface area contributed by atoms with Crippen LogP contribution in [-0.2, 0) is 4.79 Å². The van der Waals surface area contributed by atoms with Crippen molar-refractivity contribution in [3.05, 3.63) is 34.5 Å². The highest BCUT2D eigenvalue weighted by Crippen LogP contribution is 2.26. The monoisotopic (exact) mass is 353 g/mol. The third-order valence-electron chi connectivity index (χ3n) is 3.32. The SMILES string of the molecule is CC(C)C(CNC(=O)c1cc2cccc(Br)c2o1)C(=O)O. The molecule has 0 saturated carbocycles. The molecule has 1 heterocycles. The average molecular weight is 354 g/mol. The molecule has 0 bridgehead atoms. The summed E-state index contributed by atoms with van der Waals surface area (Å²) >= 11 is 3.36. The van der Waals surface area contributed by atoms with E-state index in [1.165, 1.54) is 0 Å². The lowest BCUT2D eigenvalue weighted by molar-refractivity contribution is -0.142. The Bertz CT molecular complexity index is 677. The molecule has 2 N–H and O–H groups in total. The minimum absolute atomic E-state index is 0.0624. The number of para-hydroxylation sites is 1. The number of benzene rings is 1. The number of carbonyl (C=O) groups excluding carboxylic acids is 1. The van der Waals surface area contributed by atoms with Gasteiger partial charge in [0.25, 0.3) is 5.91 Å². The van der Waals surface area contributed by atoms with Crippen molar-refractivity contribution in [3.8, 4) is 0 Å². The van der Waals surface area contributed by atoms with Gasteiger partial charge in [-0.3, -0.25) is 9.59 Å². The number of hydrogen-bond donors (Lipinski definition) is 2. The van der Waals surface area contributed by atoms with Crippen LogP contribution in [0.5, 0.6) is 0 Å². The fourth-order valence-corrected chi connectivity index (χ4v) is 2.50. The number of carboxylic acid groups (broad SMARTS) is 1. The number of halogens is 1. The Labute approximate surface area is 130 Å². The molecule has 0 aliphatic carbocycles. The van der Waals surface area contributed by atoms with Gasteiger partial charge in [-0.2, -0.15) is 0 Å². The fraction of sp³-hybridized carbons (Fsp3) is 0.333. The summed E-state index contributed by atoms with van der Waals surface area (Å²) in [6, 6.07) is 7.16. The van der Waals surface area contributed by atoms with Crippen LogP contribution in [0.2, 0.25) is 0 Å². The summed E-state index contributed by atoms with van der Waals surface area (Å²) < 4.78 is 6.28. The van der Waals surface area contributed by atoms with Gasteiger partial charge >= 0.3 is 5.97 Å². The van der Waals surface area contributed by atoms with Crippen LogP contribution < -0.4 is 5.32 Å². The normalized spacial score (nSPS) is 12.6. The second-order valence-electron chi connectivity index (χ2n) is 5.17. The van der Waals surface area contributed by atoms with Crippen LogP contribution >= 0.6 is 15.9 Å². The topological polar surface area (TPSA) is 79.5 Å². The van der Waals surface area contributed by atoms with E-state index in [1.807, 2.05) is 32.0 Å². The molecule has 0 aliphatic rings. The second kappa shape index (κ2) is 6.30. The summed E-state index contributed by atoms with van der Waals surface area (Å²) in [5.74, 6) is -1.84. The molecule has 21 heavy (non-hydrogen) atoms. The molecular formula is C15H16BrNO4. The summed E-state index contributed by atoms with van der Waals surface area (Å²) in [5.41, 5.74) is 0.598. The van der Waals surface area contributed by atoms with Gasteiger partial charge < -0.3 is 14.8 Å². The molecule has 6 heteroatoms.